The van der Waals surface area contributed by atoms with Crippen LogP contribution in [0.3, 0.4) is 0 Å². The molecule has 0 unspecified atom stereocenters. The first kappa shape index (κ1) is 17.2. The highest BCUT2D eigenvalue weighted by Gasteiger charge is 2.17. The predicted octanol–water partition coefficient (Wildman–Crippen LogP) is 4.67. The second-order valence-electron chi connectivity index (χ2n) is 7.46. The molecule has 2 aliphatic rings. The highest BCUT2D eigenvalue weighted by Crippen LogP contribution is 2.22. The Morgan fingerprint density at radius 1 is 0.833 bits per heavy atom. The van der Waals surface area contributed by atoms with E-state index in [4.69, 9.17) is 0 Å². The van der Waals surface area contributed by atoms with Crippen LogP contribution < -0.4 is 10.6 Å². The third-order valence-corrected chi connectivity index (χ3v) is 5.42. The minimum Gasteiger partial charge on any atom is -0.381 e. The third-order valence-electron chi connectivity index (χ3n) is 5.42. The molecule has 1 aromatic rings. The summed E-state index contributed by atoms with van der Waals surface area (Å²) in [6.07, 6.45) is 18.5. The first-order valence-electron chi connectivity index (χ1n) is 9.84. The molecule has 24 heavy (non-hydrogen) atoms. The van der Waals surface area contributed by atoms with Crippen LogP contribution in [0, 0.1) is 0 Å². The fourth-order valence-corrected chi connectivity index (χ4v) is 3.99. The van der Waals surface area contributed by atoms with E-state index in [1.807, 2.05) is 12.3 Å². The first-order valence-corrected chi connectivity index (χ1v) is 9.84. The molecule has 132 valence electrons. The number of amides is 1. The van der Waals surface area contributed by atoms with Crippen molar-refractivity contribution in [3.8, 4) is 0 Å². The van der Waals surface area contributed by atoms with Crippen LogP contribution in [-0.4, -0.2) is 23.0 Å². The molecule has 0 radical (unpaired) electrons. The summed E-state index contributed by atoms with van der Waals surface area (Å²) >= 11 is 0. The van der Waals surface area contributed by atoms with Crippen LogP contribution in [0.2, 0.25) is 0 Å². The summed E-state index contributed by atoms with van der Waals surface area (Å²) in [5.74, 6) is 0.0268. The molecule has 0 aliphatic heterocycles. The molecule has 2 fully saturated rings. The van der Waals surface area contributed by atoms with E-state index in [1.54, 1.807) is 6.20 Å². The van der Waals surface area contributed by atoms with Gasteiger partial charge in [-0.2, -0.15) is 0 Å². The van der Waals surface area contributed by atoms with Gasteiger partial charge in [-0.3, -0.25) is 9.78 Å². The Labute approximate surface area is 145 Å². The largest absolute Gasteiger partial charge is 0.381 e. The van der Waals surface area contributed by atoms with E-state index in [-0.39, 0.29) is 5.91 Å². The van der Waals surface area contributed by atoms with Crippen LogP contribution in [0.1, 0.15) is 87.4 Å². The van der Waals surface area contributed by atoms with E-state index in [0.29, 0.717) is 17.6 Å². The van der Waals surface area contributed by atoms with Crippen LogP contribution in [0.5, 0.6) is 0 Å². The summed E-state index contributed by atoms with van der Waals surface area (Å²) in [5, 5.41) is 6.80. The van der Waals surface area contributed by atoms with Crippen LogP contribution in [0.4, 0.5) is 5.69 Å². The molecule has 3 rings (SSSR count). The van der Waals surface area contributed by atoms with Gasteiger partial charge in [0.2, 0.25) is 0 Å². The summed E-state index contributed by atoms with van der Waals surface area (Å²) in [6, 6.07) is 2.82. The number of anilines is 1. The topological polar surface area (TPSA) is 54.0 Å². The van der Waals surface area contributed by atoms with Crippen LogP contribution in [-0.2, 0) is 0 Å². The Hall–Kier alpha value is -1.58. The molecule has 1 aromatic heterocycles. The Kier molecular flexibility index (Phi) is 6.50. The number of pyridine rings is 1. The summed E-state index contributed by atoms with van der Waals surface area (Å²) < 4.78 is 0. The lowest BCUT2D eigenvalue weighted by Crippen LogP contribution is -2.34. The second kappa shape index (κ2) is 9.05. The van der Waals surface area contributed by atoms with Crippen molar-refractivity contribution in [2.45, 2.75) is 89.1 Å². The maximum atomic E-state index is 12.5. The normalized spacial score (nSPS) is 20.8. The fraction of sp³-hybridized carbons (Fsp3) is 0.700. The highest BCUT2D eigenvalue weighted by atomic mass is 16.1. The van der Waals surface area contributed by atoms with Crippen molar-refractivity contribution in [1.29, 1.82) is 0 Å². The summed E-state index contributed by atoms with van der Waals surface area (Å²) in [5.41, 5.74) is 1.66. The molecule has 0 saturated heterocycles. The first-order chi connectivity index (χ1) is 11.8. The van der Waals surface area contributed by atoms with E-state index in [1.165, 1.54) is 64.2 Å². The van der Waals surface area contributed by atoms with Crippen molar-refractivity contribution < 1.29 is 4.79 Å². The Balaban J connectivity index is 1.58. The van der Waals surface area contributed by atoms with E-state index >= 15 is 0 Å². The standard InChI is InChI=1S/C20H31N3O/c24-20(23-18-11-7-3-4-8-12-18)16-13-19(15-21-14-16)22-17-9-5-1-2-6-10-17/h13-15,17-18,22H,1-12H2,(H,23,24). The number of nitrogens with zero attached hydrogens (tertiary/aromatic N) is 1. The lowest BCUT2D eigenvalue weighted by Gasteiger charge is -2.19. The van der Waals surface area contributed by atoms with Crippen LogP contribution in [0.25, 0.3) is 0 Å². The predicted molar refractivity (Wildman–Crippen MR) is 98.3 cm³/mol. The van der Waals surface area contributed by atoms with Crippen molar-refractivity contribution in [3.63, 3.8) is 0 Å². The van der Waals surface area contributed by atoms with Gasteiger partial charge in [-0.1, -0.05) is 51.4 Å². The van der Waals surface area contributed by atoms with Gasteiger partial charge in [-0.25, -0.2) is 0 Å². The average molecular weight is 329 g/mol. The third kappa shape index (κ3) is 5.22. The minimum atomic E-state index is 0.0268. The number of rotatable bonds is 4. The number of hydrogen-bond acceptors (Lipinski definition) is 3. The highest BCUT2D eigenvalue weighted by molar-refractivity contribution is 5.94. The quantitative estimate of drug-likeness (QED) is 0.789. The van der Waals surface area contributed by atoms with Gasteiger partial charge in [0.1, 0.15) is 0 Å². The van der Waals surface area contributed by atoms with Crippen molar-refractivity contribution >= 4 is 11.6 Å². The lowest BCUT2D eigenvalue weighted by atomic mass is 10.1. The maximum Gasteiger partial charge on any atom is 0.253 e. The molecule has 0 spiro atoms. The molecule has 0 atom stereocenters. The van der Waals surface area contributed by atoms with Crippen molar-refractivity contribution in [2.75, 3.05) is 5.32 Å². The van der Waals surface area contributed by atoms with Crippen molar-refractivity contribution in [1.82, 2.24) is 10.3 Å². The molecule has 1 heterocycles. The molecular formula is C20H31N3O. The Morgan fingerprint density at radius 3 is 2.04 bits per heavy atom. The Bertz CT molecular complexity index is 515. The lowest BCUT2D eigenvalue weighted by molar-refractivity contribution is 0.0933. The van der Waals surface area contributed by atoms with Gasteiger partial charge in [0, 0.05) is 24.5 Å². The summed E-state index contributed by atoms with van der Waals surface area (Å²) in [6.45, 7) is 0. The van der Waals surface area contributed by atoms with Gasteiger partial charge < -0.3 is 10.6 Å². The minimum absolute atomic E-state index is 0.0268. The van der Waals surface area contributed by atoms with E-state index in [9.17, 15) is 4.79 Å². The number of aromatic nitrogens is 1. The SMILES string of the molecule is O=C(NC1CCCCCC1)c1cncc(NC2CCCCCC2)c1. The number of hydrogen-bond donors (Lipinski definition) is 2. The average Bonchev–Trinajstić information content (AvgIpc) is 3.00. The molecule has 4 heteroatoms. The Morgan fingerprint density at radius 2 is 1.42 bits per heavy atom. The zero-order valence-corrected chi connectivity index (χ0v) is 14.7. The maximum absolute atomic E-state index is 12.5. The second-order valence-corrected chi connectivity index (χ2v) is 7.46. The molecule has 2 saturated carbocycles. The van der Waals surface area contributed by atoms with E-state index in [2.05, 4.69) is 15.6 Å². The van der Waals surface area contributed by atoms with E-state index in [0.717, 1.165) is 18.5 Å². The van der Waals surface area contributed by atoms with Gasteiger partial charge in [0.25, 0.3) is 5.91 Å². The monoisotopic (exact) mass is 329 g/mol. The number of carbonyl (C=O) groups excluding carboxylic acids is 1. The fourth-order valence-electron chi connectivity index (χ4n) is 3.99. The van der Waals surface area contributed by atoms with Crippen LogP contribution >= 0.6 is 0 Å². The van der Waals surface area contributed by atoms with Crippen molar-refractivity contribution in [3.05, 3.63) is 24.0 Å². The van der Waals surface area contributed by atoms with E-state index < -0.39 is 0 Å². The van der Waals surface area contributed by atoms with Gasteiger partial charge in [-0.05, 0) is 31.7 Å². The zero-order valence-electron chi connectivity index (χ0n) is 14.7. The molecule has 4 nitrogen and oxygen atoms in total. The van der Waals surface area contributed by atoms with Crippen LogP contribution in [0.15, 0.2) is 18.5 Å². The molecule has 2 N–H and O–H groups in total. The summed E-state index contributed by atoms with van der Waals surface area (Å²) in [4.78, 5) is 16.8. The molecule has 0 aromatic carbocycles. The smallest absolute Gasteiger partial charge is 0.253 e. The zero-order chi connectivity index (χ0) is 16.6. The van der Waals surface area contributed by atoms with Gasteiger partial charge in [-0.15, -0.1) is 0 Å². The molecule has 1 amide bonds. The van der Waals surface area contributed by atoms with Gasteiger partial charge >= 0.3 is 0 Å². The molecule has 0 bridgehead atoms. The molecular weight excluding hydrogens is 298 g/mol. The van der Waals surface area contributed by atoms with Gasteiger partial charge in [0.05, 0.1) is 11.3 Å². The van der Waals surface area contributed by atoms with Gasteiger partial charge in [0.15, 0.2) is 0 Å². The number of carbonyl (C=O) groups is 1. The molecule has 2 aliphatic carbocycles. The van der Waals surface area contributed by atoms with Crippen molar-refractivity contribution in [2.24, 2.45) is 0 Å². The summed E-state index contributed by atoms with van der Waals surface area (Å²) in [7, 11) is 0. The number of nitrogens with one attached hydrogen (secondary N) is 2.